The molecule has 0 spiro atoms. The summed E-state index contributed by atoms with van der Waals surface area (Å²) >= 11 is 0. The molecule has 0 amide bonds. The molecule has 1 aromatic carbocycles. The number of nitrogens with two attached hydrogens (primary N) is 1. The van der Waals surface area contributed by atoms with E-state index in [0.29, 0.717) is 12.0 Å². The number of hydrogen-bond acceptors (Lipinski definition) is 3. The highest BCUT2D eigenvalue weighted by molar-refractivity contribution is 5.81. The minimum Gasteiger partial charge on any atom is -0.369 e. The van der Waals surface area contributed by atoms with Crippen LogP contribution in [-0.2, 0) is 0 Å². The van der Waals surface area contributed by atoms with Crippen molar-refractivity contribution < 1.29 is 0 Å². The minimum absolute atomic E-state index is 0.360. The third kappa shape index (κ3) is 2.34. The molecule has 0 saturated heterocycles. The van der Waals surface area contributed by atoms with Crippen molar-refractivity contribution in [2.75, 3.05) is 26.4 Å². The Labute approximate surface area is 108 Å². The standard InChI is InChI=1S/C14H22N4/c1-10-6-5-7-12-13(10)16-14(15)18(12)11(2)8-9-17(3)4/h5-7,11H,8-9H2,1-4H3,(H2,15,16). The number of hydrogen-bond donors (Lipinski definition) is 1. The molecule has 1 atom stereocenters. The second kappa shape index (κ2) is 4.98. The maximum Gasteiger partial charge on any atom is 0.201 e. The van der Waals surface area contributed by atoms with E-state index in [4.69, 9.17) is 5.73 Å². The number of rotatable bonds is 4. The molecule has 0 fully saturated rings. The van der Waals surface area contributed by atoms with Crippen molar-refractivity contribution in [3.63, 3.8) is 0 Å². The maximum atomic E-state index is 6.07. The van der Waals surface area contributed by atoms with E-state index in [0.717, 1.165) is 24.0 Å². The molecule has 1 heterocycles. The number of fused-ring (bicyclic) bond motifs is 1. The van der Waals surface area contributed by atoms with Crippen LogP contribution in [0.1, 0.15) is 24.9 Å². The second-order valence-corrected chi connectivity index (χ2v) is 5.22. The first-order valence-electron chi connectivity index (χ1n) is 6.38. The lowest BCUT2D eigenvalue weighted by atomic mass is 10.2. The lowest BCUT2D eigenvalue weighted by Crippen LogP contribution is -2.18. The number of imidazole rings is 1. The van der Waals surface area contributed by atoms with Crippen molar-refractivity contribution in [1.29, 1.82) is 0 Å². The summed E-state index contributed by atoms with van der Waals surface area (Å²) in [6.07, 6.45) is 1.07. The lowest BCUT2D eigenvalue weighted by Gasteiger charge is -2.18. The third-order valence-corrected chi connectivity index (χ3v) is 3.38. The molecule has 18 heavy (non-hydrogen) atoms. The van der Waals surface area contributed by atoms with Gasteiger partial charge >= 0.3 is 0 Å². The van der Waals surface area contributed by atoms with E-state index in [1.165, 1.54) is 5.56 Å². The summed E-state index contributed by atoms with van der Waals surface area (Å²) < 4.78 is 2.14. The van der Waals surface area contributed by atoms with Crippen LogP contribution < -0.4 is 5.73 Å². The summed E-state index contributed by atoms with van der Waals surface area (Å²) in [6, 6.07) is 6.59. The summed E-state index contributed by atoms with van der Waals surface area (Å²) in [7, 11) is 4.18. The van der Waals surface area contributed by atoms with Gasteiger partial charge in [0.15, 0.2) is 0 Å². The van der Waals surface area contributed by atoms with Crippen LogP contribution in [0.5, 0.6) is 0 Å². The number of nitrogens with zero attached hydrogens (tertiary/aromatic N) is 3. The molecule has 0 saturated carbocycles. The van der Waals surface area contributed by atoms with E-state index in [1.807, 2.05) is 0 Å². The molecule has 0 aliphatic rings. The number of nitrogen functional groups attached to an aromatic ring is 1. The summed E-state index contributed by atoms with van der Waals surface area (Å²) in [5.74, 6) is 0.616. The van der Waals surface area contributed by atoms with Gasteiger partial charge in [0, 0.05) is 6.04 Å². The van der Waals surface area contributed by atoms with E-state index in [-0.39, 0.29) is 0 Å². The Morgan fingerprint density at radius 3 is 2.78 bits per heavy atom. The number of aryl methyl sites for hydroxylation is 1. The molecule has 4 nitrogen and oxygen atoms in total. The summed E-state index contributed by atoms with van der Waals surface area (Å²) in [4.78, 5) is 6.68. The Kier molecular flexibility index (Phi) is 3.57. The van der Waals surface area contributed by atoms with Crippen molar-refractivity contribution >= 4 is 17.0 Å². The smallest absolute Gasteiger partial charge is 0.201 e. The van der Waals surface area contributed by atoms with Gasteiger partial charge in [0.05, 0.1) is 11.0 Å². The van der Waals surface area contributed by atoms with Gasteiger partial charge in [-0.3, -0.25) is 0 Å². The first-order chi connectivity index (χ1) is 8.50. The van der Waals surface area contributed by atoms with Crippen LogP contribution in [-0.4, -0.2) is 35.1 Å². The summed E-state index contributed by atoms with van der Waals surface area (Å²) in [5.41, 5.74) is 9.40. The highest BCUT2D eigenvalue weighted by Crippen LogP contribution is 2.26. The molecule has 4 heteroatoms. The van der Waals surface area contributed by atoms with E-state index in [9.17, 15) is 0 Å². The predicted molar refractivity (Wildman–Crippen MR) is 76.8 cm³/mol. The van der Waals surface area contributed by atoms with Gasteiger partial charge in [-0.2, -0.15) is 0 Å². The van der Waals surface area contributed by atoms with Crippen LogP contribution >= 0.6 is 0 Å². The van der Waals surface area contributed by atoms with Gasteiger partial charge in [0.2, 0.25) is 5.95 Å². The molecule has 2 N–H and O–H groups in total. The topological polar surface area (TPSA) is 47.1 Å². The van der Waals surface area contributed by atoms with Crippen LogP contribution in [0.15, 0.2) is 18.2 Å². The molecule has 0 radical (unpaired) electrons. The Morgan fingerprint density at radius 2 is 2.11 bits per heavy atom. The molecule has 0 aliphatic heterocycles. The lowest BCUT2D eigenvalue weighted by molar-refractivity contribution is 0.362. The Morgan fingerprint density at radius 1 is 1.39 bits per heavy atom. The average Bonchev–Trinajstić information content (AvgIpc) is 2.64. The molecule has 1 unspecified atom stereocenters. The minimum atomic E-state index is 0.360. The second-order valence-electron chi connectivity index (χ2n) is 5.22. The largest absolute Gasteiger partial charge is 0.369 e. The fourth-order valence-corrected chi connectivity index (χ4v) is 2.31. The first-order valence-corrected chi connectivity index (χ1v) is 6.38. The van der Waals surface area contributed by atoms with E-state index < -0.39 is 0 Å². The van der Waals surface area contributed by atoms with Gasteiger partial charge in [-0.15, -0.1) is 0 Å². The fraction of sp³-hybridized carbons (Fsp3) is 0.500. The van der Waals surface area contributed by atoms with Crippen molar-refractivity contribution in [3.8, 4) is 0 Å². The Balaban J connectivity index is 2.38. The van der Waals surface area contributed by atoms with Gasteiger partial charge < -0.3 is 15.2 Å². The SMILES string of the molecule is Cc1cccc2c1nc(N)n2C(C)CCN(C)C. The zero-order valence-corrected chi connectivity index (χ0v) is 11.6. The molecular formula is C14H22N4. The molecule has 0 bridgehead atoms. The average molecular weight is 246 g/mol. The fourth-order valence-electron chi connectivity index (χ4n) is 2.31. The van der Waals surface area contributed by atoms with Gasteiger partial charge in [0.1, 0.15) is 0 Å². The zero-order chi connectivity index (χ0) is 13.3. The first kappa shape index (κ1) is 12.9. The summed E-state index contributed by atoms with van der Waals surface area (Å²) in [5, 5.41) is 0. The highest BCUT2D eigenvalue weighted by Gasteiger charge is 2.14. The van der Waals surface area contributed by atoms with E-state index in [1.54, 1.807) is 0 Å². The molecule has 98 valence electrons. The molecule has 1 aromatic heterocycles. The third-order valence-electron chi connectivity index (χ3n) is 3.38. The predicted octanol–water partition coefficient (Wildman–Crippen LogP) is 2.44. The maximum absolute atomic E-state index is 6.07. The van der Waals surface area contributed by atoms with Crippen LogP contribution in [0, 0.1) is 6.92 Å². The van der Waals surface area contributed by atoms with Gasteiger partial charge in [-0.1, -0.05) is 12.1 Å². The van der Waals surface area contributed by atoms with Crippen LogP contribution in [0.2, 0.25) is 0 Å². The Hall–Kier alpha value is -1.55. The van der Waals surface area contributed by atoms with E-state index in [2.05, 4.69) is 60.6 Å². The number of aromatic nitrogens is 2. The Bertz CT molecular complexity index is 542. The number of para-hydroxylation sites is 1. The quantitative estimate of drug-likeness (QED) is 0.901. The van der Waals surface area contributed by atoms with Gasteiger partial charge in [0.25, 0.3) is 0 Å². The van der Waals surface area contributed by atoms with Crippen molar-refractivity contribution in [2.45, 2.75) is 26.3 Å². The summed E-state index contributed by atoms with van der Waals surface area (Å²) in [6.45, 7) is 5.32. The molecular weight excluding hydrogens is 224 g/mol. The molecule has 2 aromatic rings. The van der Waals surface area contributed by atoms with E-state index >= 15 is 0 Å². The number of anilines is 1. The van der Waals surface area contributed by atoms with Gasteiger partial charge in [-0.25, -0.2) is 4.98 Å². The highest BCUT2D eigenvalue weighted by atomic mass is 15.2. The van der Waals surface area contributed by atoms with Crippen LogP contribution in [0.3, 0.4) is 0 Å². The molecule has 0 aliphatic carbocycles. The monoisotopic (exact) mass is 246 g/mol. The van der Waals surface area contributed by atoms with Crippen LogP contribution in [0.25, 0.3) is 11.0 Å². The van der Waals surface area contributed by atoms with Crippen molar-refractivity contribution in [3.05, 3.63) is 23.8 Å². The van der Waals surface area contributed by atoms with Crippen molar-refractivity contribution in [1.82, 2.24) is 14.5 Å². The van der Waals surface area contributed by atoms with Crippen LogP contribution in [0.4, 0.5) is 5.95 Å². The zero-order valence-electron chi connectivity index (χ0n) is 11.6. The van der Waals surface area contributed by atoms with Gasteiger partial charge in [-0.05, 0) is 52.5 Å². The van der Waals surface area contributed by atoms with Crippen molar-refractivity contribution in [2.24, 2.45) is 0 Å². The molecule has 2 rings (SSSR count). The number of benzene rings is 1. The normalized spacial score (nSPS) is 13.4.